The maximum Gasteiger partial charge on any atom is 0.0633 e. The van der Waals surface area contributed by atoms with Crippen LogP contribution < -0.4 is 0 Å². The predicted molar refractivity (Wildman–Crippen MR) is 71.2 cm³/mol. The molecule has 0 unspecified atom stereocenters. The van der Waals surface area contributed by atoms with E-state index in [-0.39, 0.29) is 6.10 Å². The number of aliphatic hydroxyl groups excluding tert-OH is 1. The van der Waals surface area contributed by atoms with Crippen LogP contribution in [0.15, 0.2) is 30.3 Å². The molecule has 0 aliphatic carbocycles. The summed E-state index contributed by atoms with van der Waals surface area (Å²) in [5, 5.41) is 10.1. The molecule has 1 N–H and O–H groups in total. The van der Waals surface area contributed by atoms with Crippen LogP contribution in [0.3, 0.4) is 0 Å². The fourth-order valence-electron chi connectivity index (χ4n) is 2.62. The van der Waals surface area contributed by atoms with Crippen LogP contribution >= 0.6 is 0 Å². The molecule has 1 saturated heterocycles. The van der Waals surface area contributed by atoms with Gasteiger partial charge in [-0.15, -0.1) is 0 Å². The summed E-state index contributed by atoms with van der Waals surface area (Å²) in [6.45, 7) is 5.45. The average molecular weight is 233 g/mol. The zero-order valence-corrected chi connectivity index (χ0v) is 10.7. The Morgan fingerprint density at radius 1 is 1.29 bits per heavy atom. The van der Waals surface area contributed by atoms with E-state index in [1.54, 1.807) is 0 Å². The smallest absolute Gasteiger partial charge is 0.0633 e. The summed E-state index contributed by atoms with van der Waals surface area (Å²) in [7, 11) is 0. The highest BCUT2D eigenvalue weighted by Gasteiger charge is 2.28. The van der Waals surface area contributed by atoms with Gasteiger partial charge < -0.3 is 10.0 Å². The third-order valence-corrected chi connectivity index (χ3v) is 3.72. The minimum Gasteiger partial charge on any atom is -0.392 e. The van der Waals surface area contributed by atoms with Crippen molar-refractivity contribution in [3.05, 3.63) is 35.9 Å². The van der Waals surface area contributed by atoms with E-state index < -0.39 is 0 Å². The second-order valence-corrected chi connectivity index (χ2v) is 5.03. The van der Waals surface area contributed by atoms with E-state index in [0.717, 1.165) is 19.5 Å². The SMILES string of the molecule is CCCCN1CC[C@@H](O)[C@H](c2ccccc2)C1. The number of piperidine rings is 1. The molecule has 0 bridgehead atoms. The van der Waals surface area contributed by atoms with Gasteiger partial charge in [0.25, 0.3) is 0 Å². The molecule has 94 valence electrons. The highest BCUT2D eigenvalue weighted by molar-refractivity contribution is 5.21. The molecule has 0 aromatic heterocycles. The van der Waals surface area contributed by atoms with Crippen molar-refractivity contribution in [2.45, 2.75) is 38.2 Å². The van der Waals surface area contributed by atoms with Crippen molar-refractivity contribution in [2.24, 2.45) is 0 Å². The van der Waals surface area contributed by atoms with E-state index >= 15 is 0 Å². The molecule has 0 radical (unpaired) electrons. The first-order chi connectivity index (χ1) is 8.31. The summed E-state index contributed by atoms with van der Waals surface area (Å²) in [6, 6.07) is 10.4. The lowest BCUT2D eigenvalue weighted by atomic mass is 9.88. The van der Waals surface area contributed by atoms with Crippen LogP contribution in [0, 0.1) is 0 Å². The first-order valence-corrected chi connectivity index (χ1v) is 6.76. The minimum absolute atomic E-state index is 0.171. The molecule has 17 heavy (non-hydrogen) atoms. The van der Waals surface area contributed by atoms with Gasteiger partial charge >= 0.3 is 0 Å². The van der Waals surface area contributed by atoms with E-state index in [4.69, 9.17) is 0 Å². The number of rotatable bonds is 4. The van der Waals surface area contributed by atoms with Crippen LogP contribution in [-0.2, 0) is 0 Å². The number of aliphatic hydroxyl groups is 1. The van der Waals surface area contributed by atoms with Gasteiger partial charge in [-0.3, -0.25) is 0 Å². The lowest BCUT2D eigenvalue weighted by molar-refractivity contribution is 0.0595. The Labute approximate surface area is 104 Å². The Morgan fingerprint density at radius 3 is 2.76 bits per heavy atom. The lowest BCUT2D eigenvalue weighted by Gasteiger charge is -2.36. The molecule has 1 fully saturated rings. The zero-order chi connectivity index (χ0) is 12.1. The summed E-state index contributed by atoms with van der Waals surface area (Å²) in [5.74, 6) is 0.293. The average Bonchev–Trinajstić information content (AvgIpc) is 2.39. The second kappa shape index (κ2) is 6.18. The summed E-state index contributed by atoms with van der Waals surface area (Å²) in [5.41, 5.74) is 1.28. The number of unbranched alkanes of at least 4 members (excludes halogenated alkanes) is 1. The maximum atomic E-state index is 10.1. The van der Waals surface area contributed by atoms with Crippen molar-refractivity contribution in [2.75, 3.05) is 19.6 Å². The first kappa shape index (κ1) is 12.6. The summed E-state index contributed by atoms with van der Waals surface area (Å²) < 4.78 is 0. The molecule has 2 atom stereocenters. The van der Waals surface area contributed by atoms with Crippen LogP contribution in [0.1, 0.15) is 37.7 Å². The normalized spacial score (nSPS) is 26.0. The fraction of sp³-hybridized carbons (Fsp3) is 0.600. The van der Waals surface area contributed by atoms with Gasteiger partial charge in [0.15, 0.2) is 0 Å². The van der Waals surface area contributed by atoms with E-state index in [1.165, 1.54) is 24.9 Å². The molecule has 1 aromatic rings. The lowest BCUT2D eigenvalue weighted by Crippen LogP contribution is -2.42. The third kappa shape index (κ3) is 3.30. The van der Waals surface area contributed by atoms with Gasteiger partial charge in [0, 0.05) is 19.0 Å². The largest absolute Gasteiger partial charge is 0.392 e. The van der Waals surface area contributed by atoms with E-state index in [1.807, 2.05) is 6.07 Å². The van der Waals surface area contributed by atoms with Crippen LogP contribution in [0.2, 0.25) is 0 Å². The Bertz CT molecular complexity index is 323. The van der Waals surface area contributed by atoms with E-state index in [9.17, 15) is 5.11 Å². The molecule has 0 amide bonds. The van der Waals surface area contributed by atoms with Crippen molar-refractivity contribution in [1.82, 2.24) is 4.90 Å². The Kier molecular flexibility index (Phi) is 4.57. The monoisotopic (exact) mass is 233 g/mol. The van der Waals surface area contributed by atoms with Crippen molar-refractivity contribution < 1.29 is 5.11 Å². The van der Waals surface area contributed by atoms with Gasteiger partial charge in [-0.25, -0.2) is 0 Å². The molecule has 1 aliphatic heterocycles. The van der Waals surface area contributed by atoms with Crippen LogP contribution in [0.4, 0.5) is 0 Å². The van der Waals surface area contributed by atoms with Crippen molar-refractivity contribution in [3.63, 3.8) is 0 Å². The second-order valence-electron chi connectivity index (χ2n) is 5.03. The molecule has 0 saturated carbocycles. The van der Waals surface area contributed by atoms with Gasteiger partial charge in [0.05, 0.1) is 6.10 Å². The van der Waals surface area contributed by atoms with Crippen molar-refractivity contribution >= 4 is 0 Å². The van der Waals surface area contributed by atoms with Crippen LogP contribution in [-0.4, -0.2) is 35.7 Å². The van der Waals surface area contributed by atoms with E-state index in [0.29, 0.717) is 5.92 Å². The van der Waals surface area contributed by atoms with Crippen LogP contribution in [0.5, 0.6) is 0 Å². The standard InChI is InChI=1S/C15H23NO/c1-2-3-10-16-11-9-15(17)14(12-16)13-7-5-4-6-8-13/h4-8,14-15,17H,2-3,9-12H2,1H3/t14-,15+/m0/s1. The molecule has 1 aliphatic rings. The highest BCUT2D eigenvalue weighted by Crippen LogP contribution is 2.27. The van der Waals surface area contributed by atoms with Gasteiger partial charge in [-0.2, -0.15) is 0 Å². The number of nitrogens with zero attached hydrogens (tertiary/aromatic N) is 1. The molecule has 1 heterocycles. The molecule has 2 nitrogen and oxygen atoms in total. The Morgan fingerprint density at radius 2 is 2.06 bits per heavy atom. The summed E-state index contributed by atoms with van der Waals surface area (Å²) >= 11 is 0. The molecule has 0 spiro atoms. The van der Waals surface area contributed by atoms with Crippen molar-refractivity contribution in [3.8, 4) is 0 Å². The minimum atomic E-state index is -0.171. The van der Waals surface area contributed by atoms with Gasteiger partial charge in [-0.1, -0.05) is 43.7 Å². The Hall–Kier alpha value is -0.860. The van der Waals surface area contributed by atoms with Gasteiger partial charge in [-0.05, 0) is 24.9 Å². The quantitative estimate of drug-likeness (QED) is 0.864. The number of likely N-dealkylation sites (tertiary alicyclic amines) is 1. The summed E-state index contributed by atoms with van der Waals surface area (Å²) in [4.78, 5) is 2.49. The first-order valence-electron chi connectivity index (χ1n) is 6.76. The summed E-state index contributed by atoms with van der Waals surface area (Å²) in [6.07, 6.45) is 3.24. The fourth-order valence-corrected chi connectivity index (χ4v) is 2.62. The number of benzene rings is 1. The number of hydrogen-bond donors (Lipinski definition) is 1. The van der Waals surface area contributed by atoms with Gasteiger partial charge in [0.2, 0.25) is 0 Å². The molecule has 2 heteroatoms. The molecule has 1 aromatic carbocycles. The van der Waals surface area contributed by atoms with Crippen molar-refractivity contribution in [1.29, 1.82) is 0 Å². The number of hydrogen-bond acceptors (Lipinski definition) is 2. The Balaban J connectivity index is 2.00. The molecular weight excluding hydrogens is 210 g/mol. The topological polar surface area (TPSA) is 23.5 Å². The third-order valence-electron chi connectivity index (χ3n) is 3.72. The molecular formula is C15H23NO. The molecule has 2 rings (SSSR count). The maximum absolute atomic E-state index is 10.1. The van der Waals surface area contributed by atoms with Crippen LogP contribution in [0.25, 0.3) is 0 Å². The van der Waals surface area contributed by atoms with E-state index in [2.05, 4.69) is 36.1 Å². The highest BCUT2D eigenvalue weighted by atomic mass is 16.3. The van der Waals surface area contributed by atoms with Gasteiger partial charge in [0.1, 0.15) is 0 Å². The predicted octanol–water partition coefficient (Wildman–Crippen LogP) is 2.64. The zero-order valence-electron chi connectivity index (χ0n) is 10.7.